The average molecular weight is 441 g/mol. The van der Waals surface area contributed by atoms with Crippen molar-refractivity contribution in [3.8, 4) is 5.75 Å². The van der Waals surface area contributed by atoms with E-state index < -0.39 is 24.0 Å². The van der Waals surface area contributed by atoms with Gasteiger partial charge in [0.25, 0.3) is 0 Å². The first-order valence-corrected chi connectivity index (χ1v) is 12.0. The zero-order chi connectivity index (χ0) is 22.2. The molecule has 3 rings (SSSR count). The van der Waals surface area contributed by atoms with Gasteiger partial charge in [0.1, 0.15) is 0 Å². The Hall–Kier alpha value is -1.52. The van der Waals surface area contributed by atoms with Gasteiger partial charge in [-0.05, 0) is 99.7 Å². The quantitative estimate of drug-likeness (QED) is 0.212. The highest BCUT2D eigenvalue weighted by Gasteiger charge is 2.32. The van der Waals surface area contributed by atoms with E-state index in [2.05, 4.69) is 23.8 Å². The van der Waals surface area contributed by atoms with E-state index in [1.807, 2.05) is 0 Å². The minimum Gasteiger partial charge on any atom is -0.429 e. The van der Waals surface area contributed by atoms with E-state index in [9.17, 15) is 17.6 Å². The third-order valence-electron chi connectivity index (χ3n) is 7.50. The second kappa shape index (κ2) is 11.9. The summed E-state index contributed by atoms with van der Waals surface area (Å²) >= 11 is 0. The highest BCUT2D eigenvalue weighted by molar-refractivity contribution is 5.33. The third-order valence-corrected chi connectivity index (χ3v) is 7.50. The topological polar surface area (TPSA) is 9.23 Å². The molecule has 0 N–H and O–H groups in total. The molecule has 0 aliphatic heterocycles. The summed E-state index contributed by atoms with van der Waals surface area (Å²) < 4.78 is 56.8. The van der Waals surface area contributed by atoms with Crippen molar-refractivity contribution in [2.24, 2.45) is 17.8 Å². The predicted octanol–water partition coefficient (Wildman–Crippen LogP) is 8.78. The van der Waals surface area contributed by atoms with Crippen molar-refractivity contribution in [3.05, 3.63) is 41.5 Å². The van der Waals surface area contributed by atoms with Gasteiger partial charge in [-0.25, -0.2) is 8.78 Å². The first-order valence-electron chi connectivity index (χ1n) is 12.0. The number of hydrogen-bond donors (Lipinski definition) is 0. The lowest BCUT2D eigenvalue weighted by Gasteiger charge is -2.38. The Morgan fingerprint density at radius 2 is 1.48 bits per heavy atom. The maximum Gasteiger partial charge on any atom is 0.387 e. The first-order chi connectivity index (χ1) is 15.0. The number of halogens is 4. The van der Waals surface area contributed by atoms with Gasteiger partial charge in [0, 0.05) is 0 Å². The lowest BCUT2D eigenvalue weighted by Crippen LogP contribution is -2.25. The molecule has 0 aromatic heterocycles. The van der Waals surface area contributed by atoms with Crippen molar-refractivity contribution in [2.75, 3.05) is 0 Å². The second-order valence-corrected chi connectivity index (χ2v) is 9.44. The molecule has 1 aromatic rings. The summed E-state index contributed by atoms with van der Waals surface area (Å²) in [5.74, 6) is -0.583. The zero-order valence-electron chi connectivity index (χ0n) is 18.6. The second-order valence-electron chi connectivity index (χ2n) is 9.44. The fourth-order valence-electron chi connectivity index (χ4n) is 5.75. The van der Waals surface area contributed by atoms with Gasteiger partial charge in [0.05, 0.1) is 0 Å². The molecule has 2 fully saturated rings. The van der Waals surface area contributed by atoms with Crippen LogP contribution in [0.4, 0.5) is 17.6 Å². The molecular formula is C26H36F4O. The van der Waals surface area contributed by atoms with Crippen molar-refractivity contribution in [2.45, 2.75) is 96.5 Å². The molecule has 2 aliphatic rings. The predicted molar refractivity (Wildman–Crippen MR) is 116 cm³/mol. The Morgan fingerprint density at radius 3 is 2.03 bits per heavy atom. The fourth-order valence-corrected chi connectivity index (χ4v) is 5.75. The smallest absolute Gasteiger partial charge is 0.387 e. The molecule has 1 aromatic carbocycles. The molecule has 174 valence electrons. The van der Waals surface area contributed by atoms with Crippen LogP contribution in [0.25, 0.3) is 0 Å². The zero-order valence-corrected chi connectivity index (χ0v) is 18.6. The van der Waals surface area contributed by atoms with Crippen LogP contribution in [0.1, 0.15) is 95.5 Å². The molecule has 1 nitrogen and oxygen atoms in total. The number of allylic oxidation sites excluding steroid dienone is 2. The number of ether oxygens (including phenoxy) is 1. The molecule has 0 saturated heterocycles. The van der Waals surface area contributed by atoms with Crippen LogP contribution in [0.3, 0.4) is 0 Å². The summed E-state index contributed by atoms with van der Waals surface area (Å²) in [5, 5.41) is 0. The Balaban J connectivity index is 1.43. The van der Waals surface area contributed by atoms with Gasteiger partial charge in [-0.15, -0.1) is 0 Å². The van der Waals surface area contributed by atoms with Gasteiger partial charge in [-0.1, -0.05) is 37.8 Å². The summed E-state index contributed by atoms with van der Waals surface area (Å²) in [6.07, 6.45) is 18.9. The lowest BCUT2D eigenvalue weighted by atomic mass is 9.68. The Bertz CT molecular complexity index is 678. The number of benzene rings is 1. The van der Waals surface area contributed by atoms with Gasteiger partial charge in [0.15, 0.2) is 17.4 Å². The van der Waals surface area contributed by atoms with Crippen molar-refractivity contribution in [3.63, 3.8) is 0 Å². The van der Waals surface area contributed by atoms with Crippen LogP contribution in [0.2, 0.25) is 0 Å². The summed E-state index contributed by atoms with van der Waals surface area (Å²) in [6, 6.07) is 2.35. The first kappa shape index (κ1) is 24.1. The normalized spacial score (nSPS) is 27.2. The van der Waals surface area contributed by atoms with Gasteiger partial charge < -0.3 is 4.74 Å². The van der Waals surface area contributed by atoms with Gasteiger partial charge in [-0.2, -0.15) is 8.78 Å². The summed E-state index contributed by atoms with van der Waals surface area (Å²) in [4.78, 5) is 0. The van der Waals surface area contributed by atoms with Gasteiger partial charge >= 0.3 is 6.61 Å². The van der Waals surface area contributed by atoms with E-state index in [4.69, 9.17) is 0 Å². The molecule has 2 saturated carbocycles. The SMILES string of the molecule is CC=CCCCCC1CCC(C2CCC(c3cc(F)c(OC(F)F)c(F)c3)CC2)CC1. The Labute approximate surface area is 184 Å². The van der Waals surface area contributed by atoms with Crippen LogP contribution < -0.4 is 4.74 Å². The molecule has 0 atom stereocenters. The van der Waals surface area contributed by atoms with Crippen molar-refractivity contribution in [1.82, 2.24) is 0 Å². The monoisotopic (exact) mass is 440 g/mol. The largest absolute Gasteiger partial charge is 0.429 e. The molecule has 0 heterocycles. The standard InChI is InChI=1S/C26H36F4O/c1-2-3-4-5-6-7-18-8-10-19(11-9-18)20-12-14-21(15-13-20)22-16-23(27)25(24(28)17-22)31-26(29)30/h2-3,16-21,26H,4-15H2,1H3. The molecule has 0 unspecified atom stereocenters. The highest BCUT2D eigenvalue weighted by atomic mass is 19.3. The molecular weight excluding hydrogens is 404 g/mol. The van der Waals surface area contributed by atoms with Crippen LogP contribution >= 0.6 is 0 Å². The van der Waals surface area contributed by atoms with Crippen molar-refractivity contribution in [1.29, 1.82) is 0 Å². The average Bonchev–Trinajstić information content (AvgIpc) is 2.76. The van der Waals surface area contributed by atoms with Crippen LogP contribution in [0.15, 0.2) is 24.3 Å². The maximum absolute atomic E-state index is 14.1. The van der Waals surface area contributed by atoms with E-state index in [-0.39, 0.29) is 5.92 Å². The molecule has 0 spiro atoms. The number of unbranched alkanes of at least 4 members (excludes halogenated alkanes) is 2. The van der Waals surface area contributed by atoms with Crippen LogP contribution in [0, 0.1) is 29.4 Å². The molecule has 31 heavy (non-hydrogen) atoms. The fraction of sp³-hybridized carbons (Fsp3) is 0.692. The maximum atomic E-state index is 14.1. The van der Waals surface area contributed by atoms with Crippen molar-refractivity contribution < 1.29 is 22.3 Å². The highest BCUT2D eigenvalue weighted by Crippen LogP contribution is 2.45. The Kier molecular flexibility index (Phi) is 9.28. The van der Waals surface area contributed by atoms with Gasteiger partial charge in [-0.3, -0.25) is 0 Å². The molecule has 0 radical (unpaired) electrons. The van der Waals surface area contributed by atoms with E-state index in [1.54, 1.807) is 0 Å². The third kappa shape index (κ3) is 6.98. The van der Waals surface area contributed by atoms with E-state index >= 15 is 0 Å². The van der Waals surface area contributed by atoms with Crippen LogP contribution in [-0.4, -0.2) is 6.61 Å². The minimum absolute atomic E-state index is 0.0920. The molecule has 0 amide bonds. The van der Waals surface area contributed by atoms with Crippen LogP contribution in [-0.2, 0) is 0 Å². The van der Waals surface area contributed by atoms with Crippen LogP contribution in [0.5, 0.6) is 5.75 Å². The van der Waals surface area contributed by atoms with E-state index in [1.165, 1.54) is 63.5 Å². The summed E-state index contributed by atoms with van der Waals surface area (Å²) in [7, 11) is 0. The van der Waals surface area contributed by atoms with E-state index in [0.29, 0.717) is 11.5 Å². The van der Waals surface area contributed by atoms with Gasteiger partial charge in [0.2, 0.25) is 0 Å². The lowest BCUT2D eigenvalue weighted by molar-refractivity contribution is -0.0546. The summed E-state index contributed by atoms with van der Waals surface area (Å²) in [5.41, 5.74) is 0.566. The minimum atomic E-state index is -3.24. The molecule has 2 aliphatic carbocycles. The Morgan fingerprint density at radius 1 is 0.903 bits per heavy atom. The molecule has 0 bridgehead atoms. The summed E-state index contributed by atoms with van der Waals surface area (Å²) in [6.45, 7) is -1.16. The number of hydrogen-bond acceptors (Lipinski definition) is 1. The molecule has 5 heteroatoms. The number of alkyl halides is 2. The van der Waals surface area contributed by atoms with E-state index in [0.717, 1.165) is 37.5 Å². The number of rotatable bonds is 9. The van der Waals surface area contributed by atoms with Crippen molar-refractivity contribution >= 4 is 0 Å².